The van der Waals surface area contributed by atoms with E-state index in [0.717, 1.165) is 16.7 Å². The van der Waals surface area contributed by atoms with Crippen LogP contribution in [0.3, 0.4) is 0 Å². The molecule has 0 bridgehead atoms. The van der Waals surface area contributed by atoms with Crippen LogP contribution in [-0.2, 0) is 24.4 Å². The molecule has 0 fully saturated rings. The molecular weight excluding hydrogens is 447 g/mol. The molecule has 1 aliphatic heterocycles. The molecule has 0 radical (unpaired) electrons. The minimum atomic E-state index is -1.21. The average Bonchev–Trinajstić information content (AvgIpc) is 3.52. The minimum Gasteiger partial charge on any atom is -0.463 e. The van der Waals surface area contributed by atoms with Gasteiger partial charge in [0.25, 0.3) is 5.91 Å². The van der Waals surface area contributed by atoms with E-state index in [4.69, 9.17) is 4.42 Å². The summed E-state index contributed by atoms with van der Waals surface area (Å²) in [5.74, 6) is -0.394. The van der Waals surface area contributed by atoms with Crippen LogP contribution in [0.1, 0.15) is 34.1 Å². The Morgan fingerprint density at radius 1 is 1.14 bits per heavy atom. The maximum atomic E-state index is 13.8. The summed E-state index contributed by atoms with van der Waals surface area (Å²) in [5.41, 5.74) is 2.47. The molecule has 0 saturated heterocycles. The van der Waals surface area contributed by atoms with Gasteiger partial charge in [0.1, 0.15) is 22.7 Å². The lowest BCUT2D eigenvalue weighted by molar-refractivity contribution is -0.133. The molecule has 2 aromatic carbocycles. The maximum absolute atomic E-state index is 13.8. The van der Waals surface area contributed by atoms with Crippen molar-refractivity contribution < 1.29 is 18.4 Å². The van der Waals surface area contributed by atoms with Gasteiger partial charge in [-0.05, 0) is 54.8 Å². The summed E-state index contributed by atoms with van der Waals surface area (Å²) in [7, 11) is 0. The number of hydrogen-bond donors (Lipinski definition) is 1. The van der Waals surface area contributed by atoms with Crippen LogP contribution in [-0.4, -0.2) is 32.0 Å². The van der Waals surface area contributed by atoms with Gasteiger partial charge in [-0.15, -0.1) is 0 Å². The molecule has 1 aliphatic rings. The van der Waals surface area contributed by atoms with Crippen molar-refractivity contribution in [2.45, 2.75) is 39.0 Å². The smallest absolute Gasteiger partial charge is 0.273 e. The van der Waals surface area contributed by atoms with E-state index in [-0.39, 0.29) is 37.3 Å². The lowest BCUT2D eigenvalue weighted by Crippen LogP contribution is -2.63. The van der Waals surface area contributed by atoms with Crippen LogP contribution in [0.5, 0.6) is 0 Å². The van der Waals surface area contributed by atoms with Gasteiger partial charge < -0.3 is 14.6 Å². The van der Waals surface area contributed by atoms with E-state index in [1.807, 2.05) is 31.2 Å². The first-order valence-corrected chi connectivity index (χ1v) is 11.4. The van der Waals surface area contributed by atoms with Crippen molar-refractivity contribution in [3.8, 4) is 11.5 Å². The number of aryl methyl sites for hydroxylation is 1. The Morgan fingerprint density at radius 3 is 2.63 bits per heavy atom. The van der Waals surface area contributed by atoms with Crippen LogP contribution in [0.4, 0.5) is 4.39 Å². The Balaban J connectivity index is 1.49. The fourth-order valence-corrected chi connectivity index (χ4v) is 4.37. The Labute approximate surface area is 202 Å². The van der Waals surface area contributed by atoms with E-state index in [1.165, 1.54) is 12.1 Å². The molecule has 5 rings (SSSR count). The van der Waals surface area contributed by atoms with Gasteiger partial charge >= 0.3 is 0 Å². The zero-order valence-corrected chi connectivity index (χ0v) is 19.5. The number of benzene rings is 2. The van der Waals surface area contributed by atoms with Crippen LogP contribution >= 0.6 is 0 Å². The molecule has 178 valence electrons. The van der Waals surface area contributed by atoms with Crippen LogP contribution in [0.15, 0.2) is 77.4 Å². The number of nitrogens with one attached hydrogen (secondary N) is 1. The van der Waals surface area contributed by atoms with E-state index in [0.29, 0.717) is 17.1 Å². The van der Waals surface area contributed by atoms with Crippen LogP contribution < -0.4 is 5.32 Å². The summed E-state index contributed by atoms with van der Waals surface area (Å²) < 4.78 is 20.3. The summed E-state index contributed by atoms with van der Waals surface area (Å²) in [6.07, 6.45) is 1.55. The molecule has 0 saturated carbocycles. The number of carbonyl (C=O) groups excluding carboxylic acids is 2. The molecule has 7 nitrogen and oxygen atoms in total. The van der Waals surface area contributed by atoms with Gasteiger partial charge in [0.2, 0.25) is 5.91 Å². The van der Waals surface area contributed by atoms with Gasteiger partial charge in [-0.2, -0.15) is 5.10 Å². The monoisotopic (exact) mass is 472 g/mol. The molecular formula is C27H25FN4O3. The lowest BCUT2D eigenvalue weighted by atomic mass is 9.93. The summed E-state index contributed by atoms with van der Waals surface area (Å²) in [6, 6.07) is 19.0. The highest BCUT2D eigenvalue weighted by Gasteiger charge is 2.48. The molecule has 0 spiro atoms. The molecule has 1 N–H and O–H groups in total. The zero-order valence-electron chi connectivity index (χ0n) is 19.5. The van der Waals surface area contributed by atoms with E-state index < -0.39 is 5.54 Å². The SMILES string of the molecule is Cc1ccccc1CN1C(=O)c2cc(-c3ccco3)nn2C[C@@]1(C)C(=O)NCc1ccc(F)cc1. The van der Waals surface area contributed by atoms with Gasteiger partial charge in [-0.3, -0.25) is 14.3 Å². The summed E-state index contributed by atoms with van der Waals surface area (Å²) >= 11 is 0. The topological polar surface area (TPSA) is 80.4 Å². The van der Waals surface area contributed by atoms with Gasteiger partial charge in [0, 0.05) is 19.2 Å². The number of fused-ring (bicyclic) bond motifs is 1. The minimum absolute atomic E-state index is 0.177. The predicted molar refractivity (Wildman–Crippen MR) is 128 cm³/mol. The zero-order chi connectivity index (χ0) is 24.6. The van der Waals surface area contributed by atoms with Crippen LogP contribution in [0.25, 0.3) is 11.5 Å². The van der Waals surface area contributed by atoms with Gasteiger partial charge in [0.05, 0.1) is 12.8 Å². The first-order chi connectivity index (χ1) is 16.8. The molecule has 2 amide bonds. The Bertz CT molecular complexity index is 1380. The highest BCUT2D eigenvalue weighted by Crippen LogP contribution is 2.32. The first-order valence-electron chi connectivity index (χ1n) is 11.4. The Kier molecular flexibility index (Phi) is 5.72. The van der Waals surface area contributed by atoms with Gasteiger partial charge in [-0.25, -0.2) is 4.39 Å². The Morgan fingerprint density at radius 2 is 1.91 bits per heavy atom. The second kappa shape index (κ2) is 8.87. The molecule has 4 aromatic rings. The number of amides is 2. The van der Waals surface area contributed by atoms with Gasteiger partial charge in [-0.1, -0.05) is 36.4 Å². The number of nitrogens with zero attached hydrogens (tertiary/aromatic N) is 3. The van der Waals surface area contributed by atoms with Crippen molar-refractivity contribution in [2.24, 2.45) is 0 Å². The third-order valence-electron chi connectivity index (χ3n) is 6.52. The number of furan rings is 1. The molecule has 3 heterocycles. The number of hydrogen-bond acceptors (Lipinski definition) is 4. The molecule has 8 heteroatoms. The quantitative estimate of drug-likeness (QED) is 0.453. The average molecular weight is 473 g/mol. The fourth-order valence-electron chi connectivity index (χ4n) is 4.37. The third-order valence-corrected chi connectivity index (χ3v) is 6.52. The lowest BCUT2D eigenvalue weighted by Gasteiger charge is -2.43. The first kappa shape index (κ1) is 22.6. The number of carbonyl (C=O) groups is 2. The van der Waals surface area contributed by atoms with Crippen molar-refractivity contribution in [1.29, 1.82) is 0 Å². The molecule has 2 aromatic heterocycles. The number of rotatable bonds is 6. The van der Waals surface area contributed by atoms with Crippen molar-refractivity contribution >= 4 is 11.8 Å². The molecule has 0 unspecified atom stereocenters. The second-order valence-electron chi connectivity index (χ2n) is 8.95. The highest BCUT2D eigenvalue weighted by molar-refractivity contribution is 6.00. The van der Waals surface area contributed by atoms with Crippen molar-refractivity contribution in [3.05, 3.63) is 101 Å². The molecule has 1 atom stereocenters. The van der Waals surface area contributed by atoms with Crippen LogP contribution in [0, 0.1) is 12.7 Å². The highest BCUT2D eigenvalue weighted by atomic mass is 19.1. The third kappa shape index (κ3) is 4.23. The maximum Gasteiger partial charge on any atom is 0.273 e. The van der Waals surface area contributed by atoms with E-state index in [2.05, 4.69) is 10.4 Å². The largest absolute Gasteiger partial charge is 0.463 e. The molecule has 35 heavy (non-hydrogen) atoms. The second-order valence-corrected chi connectivity index (χ2v) is 8.95. The van der Waals surface area contributed by atoms with Crippen LogP contribution in [0.2, 0.25) is 0 Å². The normalized spacial score (nSPS) is 17.3. The Hall–Kier alpha value is -4.20. The number of aromatic nitrogens is 2. The van der Waals surface area contributed by atoms with Crippen molar-refractivity contribution in [3.63, 3.8) is 0 Å². The standard InChI is InChI=1S/C27H25FN4O3/c1-18-6-3-4-7-20(18)16-31-25(33)23-14-22(24-8-5-13-35-24)30-32(23)17-27(31,2)26(34)29-15-19-9-11-21(28)12-10-19/h3-14H,15-17H2,1-2H3,(H,29,34)/t27-/m0/s1. The van der Waals surface area contributed by atoms with Gasteiger partial charge in [0.15, 0.2) is 5.76 Å². The van der Waals surface area contributed by atoms with E-state index >= 15 is 0 Å². The van der Waals surface area contributed by atoms with E-state index in [9.17, 15) is 14.0 Å². The van der Waals surface area contributed by atoms with E-state index in [1.54, 1.807) is 53.1 Å². The predicted octanol–water partition coefficient (Wildman–Crippen LogP) is 4.32. The summed E-state index contributed by atoms with van der Waals surface area (Å²) in [4.78, 5) is 29.0. The fraction of sp³-hybridized carbons (Fsp3) is 0.222. The molecule has 0 aliphatic carbocycles. The van der Waals surface area contributed by atoms with Crippen molar-refractivity contribution in [1.82, 2.24) is 20.0 Å². The van der Waals surface area contributed by atoms with Crippen molar-refractivity contribution in [2.75, 3.05) is 0 Å². The number of halogens is 1. The summed E-state index contributed by atoms with van der Waals surface area (Å²) in [5, 5.41) is 7.49. The summed E-state index contributed by atoms with van der Waals surface area (Å²) in [6.45, 7) is 4.39.